The highest BCUT2D eigenvalue weighted by molar-refractivity contribution is 7.47. The van der Waals surface area contributed by atoms with Crippen molar-refractivity contribution < 1.29 is 80.2 Å². The van der Waals surface area contributed by atoms with Gasteiger partial charge in [0.15, 0.2) is 12.2 Å². The summed E-state index contributed by atoms with van der Waals surface area (Å²) in [6.45, 7) is 9.47. The second-order valence-electron chi connectivity index (χ2n) is 27.0. The van der Waals surface area contributed by atoms with Crippen LogP contribution in [0.3, 0.4) is 0 Å². The van der Waals surface area contributed by atoms with E-state index in [-0.39, 0.29) is 25.7 Å². The molecule has 17 nitrogen and oxygen atoms in total. The standard InChI is InChI=1S/C74H140O17P2/c1-7-9-11-13-15-17-19-20-21-25-29-32-38-44-50-56-71(76)84-62-69(90-74(79)59-53-47-40-34-30-26-23-22-24-28-31-36-42-48-54-66(3)4)64-88-92(80,81)86-60-68(75)61-87-93(82,83)89-65-70(63-85-72(77)57-51-45-41-35-37-43-49-55-67(5)6)91-73(78)58-52-46-39-33-27-18-16-14-12-10-8-2/h17,19-21,66-70,75H,7-16,18,22-65H2,1-6H3,(H,80,81)(H,82,83)/b19-17-,21-20-/t68-,69-,70-/m1/s1. The zero-order valence-electron chi connectivity index (χ0n) is 60.0. The molecule has 0 aromatic rings. The molecule has 548 valence electrons. The van der Waals surface area contributed by atoms with Gasteiger partial charge in [-0.15, -0.1) is 0 Å². The number of aliphatic hydroxyl groups is 1. The largest absolute Gasteiger partial charge is 0.472 e. The number of carbonyl (C=O) groups excluding carboxylic acids is 4. The summed E-state index contributed by atoms with van der Waals surface area (Å²) < 4.78 is 68.4. The van der Waals surface area contributed by atoms with Gasteiger partial charge in [-0.05, 0) is 63.2 Å². The van der Waals surface area contributed by atoms with Crippen molar-refractivity contribution in [2.75, 3.05) is 39.6 Å². The first-order valence-corrected chi connectivity index (χ1v) is 40.8. The Balaban J connectivity index is 5.27. The molecular weight excluding hydrogens is 1220 g/mol. The minimum atomic E-state index is -4.96. The quantitative estimate of drug-likeness (QED) is 0.0169. The highest BCUT2D eigenvalue weighted by Gasteiger charge is 2.30. The smallest absolute Gasteiger partial charge is 0.462 e. The van der Waals surface area contributed by atoms with E-state index >= 15 is 0 Å². The van der Waals surface area contributed by atoms with Gasteiger partial charge in [-0.3, -0.25) is 37.3 Å². The van der Waals surface area contributed by atoms with Gasteiger partial charge in [-0.2, -0.15) is 0 Å². The van der Waals surface area contributed by atoms with Crippen LogP contribution in [0.2, 0.25) is 0 Å². The fourth-order valence-corrected chi connectivity index (χ4v) is 12.3. The summed E-state index contributed by atoms with van der Waals surface area (Å²) >= 11 is 0. The van der Waals surface area contributed by atoms with E-state index in [0.717, 1.165) is 121 Å². The number of phosphoric acid groups is 2. The van der Waals surface area contributed by atoms with Gasteiger partial charge in [-0.25, -0.2) is 9.13 Å². The lowest BCUT2D eigenvalue weighted by Gasteiger charge is -2.21. The summed E-state index contributed by atoms with van der Waals surface area (Å²) in [6.07, 6.45) is 54.9. The molecule has 5 atom stereocenters. The lowest BCUT2D eigenvalue weighted by atomic mass is 10.0. The van der Waals surface area contributed by atoms with Crippen molar-refractivity contribution in [3.63, 3.8) is 0 Å². The first kappa shape index (κ1) is 90.5. The Morgan fingerprint density at radius 3 is 0.882 bits per heavy atom. The zero-order chi connectivity index (χ0) is 68.6. The molecule has 0 saturated carbocycles. The average molecular weight is 1360 g/mol. The molecule has 0 spiro atoms. The molecule has 0 aliphatic rings. The van der Waals surface area contributed by atoms with E-state index in [1.807, 2.05) is 0 Å². The summed E-state index contributed by atoms with van der Waals surface area (Å²) in [5, 5.41) is 10.6. The van der Waals surface area contributed by atoms with Crippen LogP contribution in [0.1, 0.15) is 356 Å². The molecule has 0 aromatic heterocycles. The molecule has 0 heterocycles. The van der Waals surface area contributed by atoms with Crippen LogP contribution in [0.25, 0.3) is 0 Å². The van der Waals surface area contributed by atoms with Gasteiger partial charge in [-0.1, -0.05) is 303 Å². The fraction of sp³-hybridized carbons (Fsp3) is 0.892. The third kappa shape index (κ3) is 67.9. The van der Waals surface area contributed by atoms with E-state index in [1.54, 1.807) is 0 Å². The molecule has 0 aliphatic heterocycles. The number of aliphatic hydroxyl groups excluding tert-OH is 1. The second kappa shape index (κ2) is 65.5. The SMILES string of the molecule is CCCCCC/C=C\C=C/CCCCCCCC(=O)OC[C@H](COP(=O)(O)OC[C@@H](O)COP(=O)(O)OC[C@@H](COC(=O)CCCCCCCCCC(C)C)OC(=O)CCCCCCCCCCCCC)OC(=O)CCCCCCCCCCCCCCCCC(C)C. The number of phosphoric ester groups is 2. The molecule has 0 bridgehead atoms. The van der Waals surface area contributed by atoms with E-state index < -0.39 is 97.5 Å². The predicted octanol–water partition coefficient (Wildman–Crippen LogP) is 21.1. The number of rotatable bonds is 71. The Kier molecular flexibility index (Phi) is 63.7. The van der Waals surface area contributed by atoms with Crippen molar-refractivity contribution in [2.24, 2.45) is 11.8 Å². The molecular formula is C74H140O17P2. The normalized spacial score (nSPS) is 14.2. The van der Waals surface area contributed by atoms with Gasteiger partial charge in [0.2, 0.25) is 0 Å². The molecule has 0 aliphatic carbocycles. The van der Waals surface area contributed by atoms with Crippen LogP contribution in [0.4, 0.5) is 0 Å². The second-order valence-corrected chi connectivity index (χ2v) is 29.9. The van der Waals surface area contributed by atoms with Gasteiger partial charge < -0.3 is 33.8 Å². The highest BCUT2D eigenvalue weighted by Crippen LogP contribution is 2.45. The maximum atomic E-state index is 13.1. The minimum absolute atomic E-state index is 0.100. The van der Waals surface area contributed by atoms with Crippen LogP contribution in [0.15, 0.2) is 24.3 Å². The van der Waals surface area contributed by atoms with E-state index in [2.05, 4.69) is 65.8 Å². The van der Waals surface area contributed by atoms with Crippen LogP contribution in [0, 0.1) is 11.8 Å². The van der Waals surface area contributed by atoms with Gasteiger partial charge >= 0.3 is 39.5 Å². The van der Waals surface area contributed by atoms with Crippen LogP contribution >= 0.6 is 15.6 Å². The Labute approximate surface area is 567 Å². The number of esters is 4. The van der Waals surface area contributed by atoms with Crippen LogP contribution in [-0.4, -0.2) is 96.7 Å². The van der Waals surface area contributed by atoms with Crippen molar-refractivity contribution >= 4 is 39.5 Å². The molecule has 0 radical (unpaired) electrons. The van der Waals surface area contributed by atoms with Crippen molar-refractivity contribution in [1.82, 2.24) is 0 Å². The number of allylic oxidation sites excluding steroid dienone is 4. The average Bonchev–Trinajstić information content (AvgIpc) is 2.00. The highest BCUT2D eigenvalue weighted by atomic mass is 31.2. The van der Waals surface area contributed by atoms with E-state index in [9.17, 15) is 43.2 Å². The Hall–Kier alpha value is -2.46. The van der Waals surface area contributed by atoms with E-state index in [1.165, 1.54) is 148 Å². The Bertz CT molecular complexity index is 1900. The molecule has 0 amide bonds. The topological polar surface area (TPSA) is 237 Å². The lowest BCUT2D eigenvalue weighted by molar-refractivity contribution is -0.161. The Morgan fingerprint density at radius 2 is 0.581 bits per heavy atom. The minimum Gasteiger partial charge on any atom is -0.462 e. The van der Waals surface area contributed by atoms with Gasteiger partial charge in [0.05, 0.1) is 26.4 Å². The summed E-state index contributed by atoms with van der Waals surface area (Å²) in [5.74, 6) is -0.653. The number of hydrogen-bond donors (Lipinski definition) is 3. The van der Waals surface area contributed by atoms with Crippen LogP contribution < -0.4 is 0 Å². The number of carbonyl (C=O) groups is 4. The molecule has 0 fully saturated rings. The Morgan fingerprint density at radius 1 is 0.333 bits per heavy atom. The summed E-state index contributed by atoms with van der Waals surface area (Å²) in [6, 6.07) is 0. The first-order chi connectivity index (χ1) is 44.9. The van der Waals surface area contributed by atoms with E-state index in [0.29, 0.717) is 31.6 Å². The number of unbranched alkanes of at least 4 members (excludes halogenated alkanes) is 38. The fourth-order valence-electron chi connectivity index (χ4n) is 10.8. The number of hydrogen-bond acceptors (Lipinski definition) is 15. The third-order valence-electron chi connectivity index (χ3n) is 16.6. The summed E-state index contributed by atoms with van der Waals surface area (Å²) in [5.41, 5.74) is 0. The van der Waals surface area contributed by atoms with Crippen molar-refractivity contribution in [3.8, 4) is 0 Å². The molecule has 19 heteroatoms. The maximum Gasteiger partial charge on any atom is 0.472 e. The van der Waals surface area contributed by atoms with Crippen LogP contribution in [-0.2, 0) is 65.4 Å². The van der Waals surface area contributed by atoms with Gasteiger partial charge in [0.1, 0.15) is 19.3 Å². The monoisotopic (exact) mass is 1360 g/mol. The lowest BCUT2D eigenvalue weighted by Crippen LogP contribution is -2.30. The molecule has 0 aromatic carbocycles. The number of ether oxygens (including phenoxy) is 4. The third-order valence-corrected chi connectivity index (χ3v) is 18.5. The molecule has 0 saturated heterocycles. The molecule has 0 rings (SSSR count). The van der Waals surface area contributed by atoms with Gasteiger partial charge in [0.25, 0.3) is 0 Å². The van der Waals surface area contributed by atoms with E-state index in [4.69, 9.17) is 37.0 Å². The van der Waals surface area contributed by atoms with Crippen LogP contribution in [0.5, 0.6) is 0 Å². The van der Waals surface area contributed by atoms with Gasteiger partial charge in [0, 0.05) is 25.7 Å². The van der Waals surface area contributed by atoms with Crippen molar-refractivity contribution in [3.05, 3.63) is 24.3 Å². The van der Waals surface area contributed by atoms with Crippen molar-refractivity contribution in [1.29, 1.82) is 0 Å². The molecule has 93 heavy (non-hydrogen) atoms. The maximum absolute atomic E-state index is 13.1. The molecule has 2 unspecified atom stereocenters. The molecule has 3 N–H and O–H groups in total. The summed E-state index contributed by atoms with van der Waals surface area (Å²) in [7, 11) is -9.92. The zero-order valence-corrected chi connectivity index (χ0v) is 61.8. The predicted molar refractivity (Wildman–Crippen MR) is 377 cm³/mol. The van der Waals surface area contributed by atoms with Crippen molar-refractivity contribution in [2.45, 2.75) is 374 Å². The first-order valence-electron chi connectivity index (χ1n) is 37.8. The summed E-state index contributed by atoms with van der Waals surface area (Å²) in [4.78, 5) is 72.7.